The summed E-state index contributed by atoms with van der Waals surface area (Å²) >= 11 is 6.62. The summed E-state index contributed by atoms with van der Waals surface area (Å²) in [4.78, 5) is 13.0. The molecular weight excluding hydrogens is 372 g/mol. The Labute approximate surface area is 168 Å². The van der Waals surface area contributed by atoms with Crippen LogP contribution in [0.5, 0.6) is 0 Å². The predicted molar refractivity (Wildman–Crippen MR) is 112 cm³/mol. The number of aryl methyl sites for hydroxylation is 2. The molecule has 2 atom stereocenters. The molecule has 1 saturated carbocycles. The first-order chi connectivity index (χ1) is 13.6. The van der Waals surface area contributed by atoms with E-state index in [1.807, 2.05) is 23.6 Å². The van der Waals surface area contributed by atoms with Crippen LogP contribution in [0.15, 0.2) is 37.1 Å². The molecule has 144 valence electrons. The molecule has 5 rings (SSSR count). The monoisotopic (exact) mass is 394 g/mol. The SMILES string of the molecule is Cc1cnc2c(Cl)c(CCC3CCC(n4ccc5c(N)ncnc54)C3)ccn12. The lowest BCUT2D eigenvalue weighted by Crippen LogP contribution is -2.06. The third kappa shape index (κ3) is 2.83. The van der Waals surface area contributed by atoms with Crippen LogP contribution in [-0.2, 0) is 6.42 Å². The average molecular weight is 395 g/mol. The van der Waals surface area contributed by atoms with Crippen molar-refractivity contribution < 1.29 is 0 Å². The largest absolute Gasteiger partial charge is 0.383 e. The van der Waals surface area contributed by atoms with Gasteiger partial charge in [0.25, 0.3) is 0 Å². The number of fused-ring (bicyclic) bond motifs is 2. The van der Waals surface area contributed by atoms with E-state index >= 15 is 0 Å². The Kier molecular flexibility index (Phi) is 4.23. The zero-order valence-corrected chi connectivity index (χ0v) is 16.6. The summed E-state index contributed by atoms with van der Waals surface area (Å²) in [6.07, 6.45) is 13.3. The molecule has 6 nitrogen and oxygen atoms in total. The first-order valence-electron chi connectivity index (χ1n) is 9.80. The van der Waals surface area contributed by atoms with Crippen LogP contribution in [0.2, 0.25) is 5.02 Å². The van der Waals surface area contributed by atoms with Gasteiger partial charge in [-0.05, 0) is 62.6 Å². The summed E-state index contributed by atoms with van der Waals surface area (Å²) in [5.74, 6) is 1.24. The van der Waals surface area contributed by atoms with E-state index in [-0.39, 0.29) is 0 Å². The molecule has 28 heavy (non-hydrogen) atoms. The minimum absolute atomic E-state index is 0.477. The minimum atomic E-state index is 0.477. The number of rotatable bonds is 4. The molecule has 0 spiro atoms. The summed E-state index contributed by atoms with van der Waals surface area (Å²) < 4.78 is 4.32. The van der Waals surface area contributed by atoms with Gasteiger partial charge in [0.05, 0.1) is 10.4 Å². The molecule has 0 bridgehead atoms. The van der Waals surface area contributed by atoms with E-state index in [4.69, 9.17) is 17.3 Å². The number of nitrogen functional groups attached to an aromatic ring is 1. The van der Waals surface area contributed by atoms with E-state index in [1.54, 1.807) is 6.33 Å². The van der Waals surface area contributed by atoms with E-state index < -0.39 is 0 Å². The molecular formula is C21H23ClN6. The highest BCUT2D eigenvalue weighted by atomic mass is 35.5. The highest BCUT2D eigenvalue weighted by molar-refractivity contribution is 6.34. The van der Waals surface area contributed by atoms with Gasteiger partial charge < -0.3 is 14.7 Å². The molecule has 1 fully saturated rings. The Morgan fingerprint density at radius 1 is 1.14 bits per heavy atom. The standard InChI is InChI=1S/C21H23ClN6/c1-13-11-24-21-18(22)15(6-8-27(13)21)4-2-14-3-5-16(10-14)28-9-7-17-19(23)25-12-26-20(17)28/h6-9,11-12,14,16H,2-5,10H2,1H3,(H2,23,25,26). The van der Waals surface area contributed by atoms with Crippen molar-refractivity contribution in [3.05, 3.63) is 53.3 Å². The summed E-state index contributed by atoms with van der Waals surface area (Å²) in [6, 6.07) is 4.64. The zero-order valence-electron chi connectivity index (χ0n) is 15.8. The van der Waals surface area contributed by atoms with Crippen LogP contribution in [0.4, 0.5) is 5.82 Å². The van der Waals surface area contributed by atoms with Gasteiger partial charge in [-0.15, -0.1) is 0 Å². The lowest BCUT2D eigenvalue weighted by Gasteiger charge is -2.15. The van der Waals surface area contributed by atoms with Crippen molar-refractivity contribution in [3.63, 3.8) is 0 Å². The lowest BCUT2D eigenvalue weighted by molar-refractivity contribution is 0.461. The van der Waals surface area contributed by atoms with Gasteiger partial charge >= 0.3 is 0 Å². The fraction of sp³-hybridized carbons (Fsp3) is 0.381. The summed E-state index contributed by atoms with van der Waals surface area (Å²) in [7, 11) is 0. The van der Waals surface area contributed by atoms with E-state index in [1.165, 1.54) is 18.4 Å². The molecule has 1 aliphatic carbocycles. The fourth-order valence-corrected chi connectivity index (χ4v) is 4.88. The van der Waals surface area contributed by atoms with Gasteiger partial charge in [0.2, 0.25) is 0 Å². The van der Waals surface area contributed by atoms with Crippen molar-refractivity contribution >= 4 is 34.1 Å². The number of imidazole rings is 1. The van der Waals surface area contributed by atoms with Crippen LogP contribution in [0.25, 0.3) is 16.7 Å². The summed E-state index contributed by atoms with van der Waals surface area (Å²) in [5.41, 5.74) is 10.1. The maximum Gasteiger partial charge on any atom is 0.156 e. The van der Waals surface area contributed by atoms with Crippen molar-refractivity contribution in [2.24, 2.45) is 5.92 Å². The van der Waals surface area contributed by atoms with Crippen molar-refractivity contribution in [3.8, 4) is 0 Å². The Hall–Kier alpha value is -2.60. The maximum atomic E-state index is 6.62. The summed E-state index contributed by atoms with van der Waals surface area (Å²) in [5, 5.41) is 1.73. The van der Waals surface area contributed by atoms with Crippen molar-refractivity contribution in [2.45, 2.75) is 45.1 Å². The van der Waals surface area contributed by atoms with Crippen LogP contribution in [0, 0.1) is 12.8 Å². The van der Waals surface area contributed by atoms with Crippen LogP contribution >= 0.6 is 11.6 Å². The van der Waals surface area contributed by atoms with Gasteiger partial charge in [-0.2, -0.15) is 0 Å². The topological polar surface area (TPSA) is 74.0 Å². The number of anilines is 1. The number of hydrogen-bond acceptors (Lipinski definition) is 4. The second-order valence-corrected chi connectivity index (χ2v) is 8.22. The van der Waals surface area contributed by atoms with E-state index in [9.17, 15) is 0 Å². The Bertz CT molecular complexity index is 1160. The molecule has 0 aromatic carbocycles. The molecule has 2 unspecified atom stereocenters. The highest BCUT2D eigenvalue weighted by Gasteiger charge is 2.27. The first kappa shape index (κ1) is 17.5. The van der Waals surface area contributed by atoms with Gasteiger partial charge in [0.1, 0.15) is 17.8 Å². The van der Waals surface area contributed by atoms with Crippen LogP contribution in [-0.4, -0.2) is 23.9 Å². The number of pyridine rings is 1. The van der Waals surface area contributed by atoms with Crippen LogP contribution in [0.3, 0.4) is 0 Å². The molecule has 7 heteroatoms. The predicted octanol–water partition coefficient (Wildman–Crippen LogP) is 4.60. The number of hydrogen-bond donors (Lipinski definition) is 1. The second kappa shape index (κ2) is 6.78. The Balaban J connectivity index is 1.29. The smallest absolute Gasteiger partial charge is 0.156 e. The van der Waals surface area contributed by atoms with Crippen LogP contribution in [0.1, 0.15) is 43.0 Å². The number of nitrogens with zero attached hydrogens (tertiary/aromatic N) is 5. The molecule has 4 aromatic heterocycles. The van der Waals surface area contributed by atoms with Crippen molar-refractivity contribution in [2.75, 3.05) is 5.73 Å². The van der Waals surface area contributed by atoms with Gasteiger partial charge in [-0.25, -0.2) is 15.0 Å². The fourth-order valence-electron chi connectivity index (χ4n) is 4.58. The molecule has 2 N–H and O–H groups in total. The zero-order chi connectivity index (χ0) is 19.3. The molecule has 1 aliphatic rings. The van der Waals surface area contributed by atoms with E-state index in [0.717, 1.165) is 46.7 Å². The molecule has 0 amide bonds. The summed E-state index contributed by atoms with van der Waals surface area (Å²) in [6.45, 7) is 2.04. The highest BCUT2D eigenvalue weighted by Crippen LogP contribution is 2.39. The quantitative estimate of drug-likeness (QED) is 0.549. The van der Waals surface area contributed by atoms with Crippen LogP contribution < -0.4 is 5.73 Å². The molecule has 4 aromatic rings. The van der Waals surface area contributed by atoms with Gasteiger partial charge in [0.15, 0.2) is 5.65 Å². The second-order valence-electron chi connectivity index (χ2n) is 7.84. The normalized spacial score (nSPS) is 19.8. The van der Waals surface area contributed by atoms with Gasteiger partial charge in [0, 0.05) is 30.3 Å². The van der Waals surface area contributed by atoms with Gasteiger partial charge in [-0.1, -0.05) is 11.6 Å². The van der Waals surface area contributed by atoms with E-state index in [0.29, 0.717) is 17.8 Å². The molecule has 4 heterocycles. The van der Waals surface area contributed by atoms with Crippen molar-refractivity contribution in [1.82, 2.24) is 23.9 Å². The Morgan fingerprint density at radius 3 is 2.93 bits per heavy atom. The third-order valence-electron chi connectivity index (χ3n) is 6.15. The number of nitrogens with two attached hydrogens (primary N) is 1. The minimum Gasteiger partial charge on any atom is -0.383 e. The first-order valence-corrected chi connectivity index (χ1v) is 10.2. The number of aromatic nitrogens is 5. The third-order valence-corrected chi connectivity index (χ3v) is 6.57. The molecule has 0 saturated heterocycles. The maximum absolute atomic E-state index is 6.62. The Morgan fingerprint density at radius 2 is 2.04 bits per heavy atom. The van der Waals surface area contributed by atoms with Crippen molar-refractivity contribution in [1.29, 1.82) is 0 Å². The lowest BCUT2D eigenvalue weighted by atomic mass is 9.98. The number of halogens is 1. The molecule has 0 radical (unpaired) electrons. The average Bonchev–Trinajstić information content (AvgIpc) is 3.40. The van der Waals surface area contributed by atoms with E-state index in [2.05, 4.69) is 38.0 Å². The van der Waals surface area contributed by atoms with Gasteiger partial charge in [-0.3, -0.25) is 0 Å². The molecule has 0 aliphatic heterocycles.